The van der Waals surface area contributed by atoms with E-state index in [0.717, 1.165) is 133 Å². The second-order valence-corrected chi connectivity index (χ2v) is 19.9. The van der Waals surface area contributed by atoms with Gasteiger partial charge in [0.15, 0.2) is 11.5 Å². The third-order valence-electron chi connectivity index (χ3n) is 15.6. The van der Waals surface area contributed by atoms with Crippen LogP contribution in [0, 0.1) is 36.5 Å². The highest BCUT2D eigenvalue weighted by Crippen LogP contribution is 2.46. The largest absolute Gasteiger partial charge is 0.473 e. The molecular weight excluding hydrogens is 785 g/mol. The Bertz CT molecular complexity index is 2350. The number of rotatable bonds is 6. The molecule has 0 unspecified atom stereocenters. The molecular formula is C51H65N10O2+. The second-order valence-electron chi connectivity index (χ2n) is 19.9. The number of aromatic nitrogens is 2. The Labute approximate surface area is 373 Å². The summed E-state index contributed by atoms with van der Waals surface area (Å²) in [7, 11) is 0. The fourth-order valence-corrected chi connectivity index (χ4v) is 11.9. The molecule has 1 atom stereocenters. The molecule has 63 heavy (non-hydrogen) atoms. The van der Waals surface area contributed by atoms with Gasteiger partial charge in [-0.2, -0.15) is 5.26 Å². The number of fused-ring (bicyclic) bond motifs is 1. The SMILES string of the molecule is CC(=O)N1CCC2=C(C1)C(N1CCCc3ccc(C)cc31)=N[N+]2=C1CCC(CN2CCC(Oc3ccc(N4CCC5(CC4)C[C@H](C)N(c4ccc(C#N)c(C)c4)C5)nn3)CC2)CC1. The molecule has 1 spiro atoms. The van der Waals surface area contributed by atoms with E-state index in [-0.39, 0.29) is 12.0 Å². The molecule has 7 heterocycles. The first-order valence-electron chi connectivity index (χ1n) is 24.0. The number of hydrogen-bond donors (Lipinski definition) is 0. The van der Waals surface area contributed by atoms with Gasteiger partial charge in [-0.3, -0.25) is 4.79 Å². The van der Waals surface area contributed by atoms with Gasteiger partial charge in [-0.25, -0.2) is 0 Å². The van der Waals surface area contributed by atoms with E-state index in [1.54, 1.807) is 6.92 Å². The van der Waals surface area contributed by atoms with E-state index in [0.29, 0.717) is 29.8 Å². The molecule has 0 bridgehead atoms. The van der Waals surface area contributed by atoms with Crippen molar-refractivity contribution in [1.29, 1.82) is 5.26 Å². The van der Waals surface area contributed by atoms with Crippen LogP contribution in [0.5, 0.6) is 5.88 Å². The third-order valence-corrected chi connectivity index (χ3v) is 15.6. The van der Waals surface area contributed by atoms with E-state index in [9.17, 15) is 10.1 Å². The maximum atomic E-state index is 12.6. The number of carbonyl (C=O) groups is 1. The van der Waals surface area contributed by atoms with E-state index in [1.807, 2.05) is 24.0 Å². The molecule has 4 fully saturated rings. The average molecular weight is 850 g/mol. The van der Waals surface area contributed by atoms with Crippen molar-refractivity contribution in [2.45, 2.75) is 117 Å². The smallest absolute Gasteiger partial charge is 0.233 e. The number of anilines is 3. The number of amidine groups is 1. The maximum Gasteiger partial charge on any atom is 0.233 e. The van der Waals surface area contributed by atoms with Crippen molar-refractivity contribution in [2.75, 3.05) is 73.6 Å². The summed E-state index contributed by atoms with van der Waals surface area (Å²) >= 11 is 0. The molecule has 2 aromatic carbocycles. The number of aryl methyl sites for hydroxylation is 3. The topological polar surface area (TPSA) is 107 Å². The van der Waals surface area contributed by atoms with Gasteiger partial charge in [0.05, 0.1) is 30.2 Å². The standard InChI is InChI=1S/C51H65N10O2/c1-35-7-10-40-6-5-22-59(47(40)28-35)50-45-33-58(38(4)62)25-19-46(45)61(55-50)42-12-8-39(9-13-42)32-56-23-17-44(18-24-56)63-49-16-15-48(53-54-49)57-26-20-51(21-27-57)30-37(3)60(34-51)43-14-11-41(31-52)36(2)29-43/h7,10-11,14-16,28-29,37,39,44H,5-6,8-9,12-13,17-27,30,32-34H2,1-4H3/q+1/t37-,39?/m0/s1. The van der Waals surface area contributed by atoms with Gasteiger partial charge >= 0.3 is 0 Å². The summed E-state index contributed by atoms with van der Waals surface area (Å²) in [5.74, 6) is 3.47. The zero-order valence-corrected chi connectivity index (χ0v) is 38.0. The van der Waals surface area contributed by atoms with Crippen LogP contribution in [-0.4, -0.2) is 113 Å². The van der Waals surface area contributed by atoms with E-state index in [4.69, 9.17) is 9.84 Å². The summed E-state index contributed by atoms with van der Waals surface area (Å²) < 4.78 is 8.75. The van der Waals surface area contributed by atoms with Crippen LogP contribution >= 0.6 is 0 Å². The summed E-state index contributed by atoms with van der Waals surface area (Å²) in [6.07, 6.45) is 13.3. The van der Waals surface area contributed by atoms with Gasteiger partial charge in [0.25, 0.3) is 0 Å². The van der Waals surface area contributed by atoms with Crippen LogP contribution in [0.1, 0.15) is 107 Å². The fourth-order valence-electron chi connectivity index (χ4n) is 11.9. The van der Waals surface area contributed by atoms with E-state index < -0.39 is 0 Å². The molecule has 3 aromatic rings. The molecule has 1 aromatic heterocycles. The number of hydrogen-bond acceptors (Lipinski definition) is 10. The fraction of sp³-hybridized carbons (Fsp3) is 0.569. The first-order valence-corrected chi connectivity index (χ1v) is 24.0. The average Bonchev–Trinajstić information content (AvgIpc) is 3.84. The van der Waals surface area contributed by atoms with Crippen LogP contribution in [0.4, 0.5) is 17.2 Å². The molecule has 6 aliphatic heterocycles. The highest BCUT2D eigenvalue weighted by Gasteiger charge is 2.45. The molecule has 10 rings (SSSR count). The van der Waals surface area contributed by atoms with E-state index >= 15 is 0 Å². The minimum atomic E-state index is 0.145. The molecule has 330 valence electrons. The lowest BCUT2D eigenvalue weighted by Crippen LogP contribution is -2.42. The van der Waals surface area contributed by atoms with E-state index in [2.05, 4.69) is 90.8 Å². The first-order chi connectivity index (χ1) is 30.6. The van der Waals surface area contributed by atoms with Crippen molar-refractivity contribution >= 4 is 34.6 Å². The van der Waals surface area contributed by atoms with Crippen molar-refractivity contribution in [3.63, 3.8) is 0 Å². The monoisotopic (exact) mass is 850 g/mol. The molecule has 0 N–H and O–H groups in total. The van der Waals surface area contributed by atoms with Crippen molar-refractivity contribution in [2.24, 2.45) is 16.4 Å². The van der Waals surface area contributed by atoms with Crippen LogP contribution < -0.4 is 19.4 Å². The van der Waals surface area contributed by atoms with Crippen LogP contribution in [0.2, 0.25) is 0 Å². The Morgan fingerprint density at radius 2 is 1.73 bits per heavy atom. The minimum absolute atomic E-state index is 0.145. The number of ether oxygens (including phenoxy) is 1. The van der Waals surface area contributed by atoms with Gasteiger partial charge in [-0.1, -0.05) is 16.8 Å². The predicted octanol–water partition coefficient (Wildman–Crippen LogP) is 7.62. The minimum Gasteiger partial charge on any atom is -0.473 e. The number of piperidine rings is 2. The van der Waals surface area contributed by atoms with Gasteiger partial charge in [0.1, 0.15) is 6.10 Å². The Kier molecular flexibility index (Phi) is 11.5. The number of nitrogens with zero attached hydrogens (tertiary/aromatic N) is 10. The first kappa shape index (κ1) is 41.7. The molecule has 7 aliphatic rings. The lowest BCUT2D eigenvalue weighted by Gasteiger charge is -2.39. The molecule has 12 nitrogen and oxygen atoms in total. The molecule has 12 heteroatoms. The summed E-state index contributed by atoms with van der Waals surface area (Å²) in [6.45, 7) is 16.9. The van der Waals surface area contributed by atoms with Gasteiger partial charge in [-0.05, 0) is 137 Å². The number of nitriles is 1. The molecule has 1 aliphatic carbocycles. The van der Waals surface area contributed by atoms with Crippen molar-refractivity contribution in [1.82, 2.24) is 20.0 Å². The molecule has 1 amide bonds. The lowest BCUT2D eigenvalue weighted by atomic mass is 9.77. The quantitative estimate of drug-likeness (QED) is 0.232. The van der Waals surface area contributed by atoms with Gasteiger partial charge in [-0.15, -0.1) is 10.2 Å². The van der Waals surface area contributed by atoms with Gasteiger partial charge < -0.3 is 29.2 Å². The van der Waals surface area contributed by atoms with Crippen molar-refractivity contribution < 1.29 is 14.2 Å². The summed E-state index contributed by atoms with van der Waals surface area (Å²) in [6, 6.07) is 20.0. The van der Waals surface area contributed by atoms with Gasteiger partial charge in [0.2, 0.25) is 23.3 Å². The zero-order chi connectivity index (χ0) is 43.2. The normalized spacial score (nSPS) is 24.1. The molecule has 1 saturated carbocycles. The van der Waals surface area contributed by atoms with Crippen molar-refractivity contribution in [3.05, 3.63) is 82.1 Å². The number of likely N-dealkylation sites (tertiary alicyclic amines) is 1. The lowest BCUT2D eigenvalue weighted by molar-refractivity contribution is -0.484. The van der Waals surface area contributed by atoms with Crippen LogP contribution in [0.3, 0.4) is 0 Å². The van der Waals surface area contributed by atoms with Gasteiger partial charge in [0, 0.05) is 101 Å². The Morgan fingerprint density at radius 3 is 2.46 bits per heavy atom. The Balaban J connectivity index is 0.700. The zero-order valence-electron chi connectivity index (χ0n) is 38.0. The summed E-state index contributed by atoms with van der Waals surface area (Å²) in [5.41, 5.74) is 11.3. The highest BCUT2D eigenvalue weighted by molar-refractivity contribution is 6.12. The van der Waals surface area contributed by atoms with E-state index in [1.165, 1.54) is 58.7 Å². The third kappa shape index (κ3) is 8.46. The molecule has 0 radical (unpaired) electrons. The van der Waals surface area contributed by atoms with Crippen LogP contribution in [-0.2, 0) is 11.2 Å². The summed E-state index contributed by atoms with van der Waals surface area (Å²) in [5, 5.41) is 24.0. The number of amides is 1. The number of benzene rings is 2. The number of hydrazone groups is 1. The number of carbonyl (C=O) groups excluding carboxylic acids is 1. The molecule has 3 saturated heterocycles. The Morgan fingerprint density at radius 1 is 0.921 bits per heavy atom. The van der Waals surface area contributed by atoms with Crippen LogP contribution in [0.25, 0.3) is 0 Å². The van der Waals surface area contributed by atoms with Crippen molar-refractivity contribution in [3.8, 4) is 11.9 Å². The predicted molar refractivity (Wildman–Crippen MR) is 249 cm³/mol. The maximum absolute atomic E-state index is 12.6. The second kappa shape index (κ2) is 17.4. The highest BCUT2D eigenvalue weighted by atomic mass is 16.5. The summed E-state index contributed by atoms with van der Waals surface area (Å²) in [4.78, 5) is 24.6. The van der Waals surface area contributed by atoms with Crippen LogP contribution in [0.15, 0.2) is 64.9 Å². The Hall–Kier alpha value is -5.28.